The predicted molar refractivity (Wildman–Crippen MR) is 150 cm³/mol. The normalized spacial score (nSPS) is 17.5. The molecule has 1 unspecified atom stereocenters. The molecule has 198 valence electrons. The van der Waals surface area contributed by atoms with E-state index in [1.807, 2.05) is 35.2 Å². The molecule has 0 radical (unpaired) electrons. The number of ether oxygens (including phenoxy) is 1. The van der Waals surface area contributed by atoms with Crippen LogP contribution in [0.5, 0.6) is 0 Å². The third-order valence-electron chi connectivity index (χ3n) is 7.46. The van der Waals surface area contributed by atoms with Gasteiger partial charge in [-0.1, -0.05) is 60.7 Å². The van der Waals surface area contributed by atoms with Gasteiger partial charge in [-0.3, -0.25) is 9.48 Å². The average molecular weight is 549 g/mol. The number of hydrogen-bond donors (Lipinski definition) is 0. The van der Waals surface area contributed by atoms with E-state index in [0.717, 1.165) is 58.9 Å². The first-order valence-electron chi connectivity index (χ1n) is 13.3. The zero-order valence-corrected chi connectivity index (χ0v) is 23.9. The van der Waals surface area contributed by atoms with Crippen LogP contribution in [0.15, 0.2) is 48.7 Å². The second-order valence-electron chi connectivity index (χ2n) is 11.6. The van der Waals surface area contributed by atoms with E-state index in [-0.39, 0.29) is 11.9 Å². The maximum atomic E-state index is 13.6. The molecule has 1 aliphatic heterocycles. The van der Waals surface area contributed by atoms with Crippen molar-refractivity contribution in [1.82, 2.24) is 29.7 Å². The van der Waals surface area contributed by atoms with Crippen LogP contribution in [0.3, 0.4) is 0 Å². The summed E-state index contributed by atoms with van der Waals surface area (Å²) in [6.45, 7) is 8.62. The molecule has 38 heavy (non-hydrogen) atoms. The molecule has 1 aliphatic carbocycles. The number of aromatic nitrogens is 5. The van der Waals surface area contributed by atoms with Crippen LogP contribution < -0.4 is 0 Å². The predicted octanol–water partition coefficient (Wildman–Crippen LogP) is 5.87. The minimum Gasteiger partial charge on any atom is -0.359 e. The number of rotatable bonds is 10. The minimum absolute atomic E-state index is 0.0405. The Morgan fingerprint density at radius 2 is 1.95 bits per heavy atom. The van der Waals surface area contributed by atoms with Crippen molar-refractivity contribution in [2.75, 3.05) is 6.61 Å². The molecule has 2 aromatic carbocycles. The first-order chi connectivity index (χ1) is 18.3. The fraction of sp³-hybridized carbons (Fsp3) is 0.429. The molecular formula is C28H33ClN6O2Si. The third-order valence-corrected chi connectivity index (χ3v) is 9.48. The van der Waals surface area contributed by atoms with E-state index >= 15 is 0 Å². The van der Waals surface area contributed by atoms with Crippen LogP contribution in [0.2, 0.25) is 30.7 Å². The molecule has 1 atom stereocenters. The van der Waals surface area contributed by atoms with Crippen LogP contribution in [0.1, 0.15) is 52.1 Å². The van der Waals surface area contributed by atoms with Gasteiger partial charge in [-0.15, -0.1) is 5.10 Å². The molecular weight excluding hydrogens is 516 g/mol. The van der Waals surface area contributed by atoms with Crippen molar-refractivity contribution in [3.63, 3.8) is 0 Å². The van der Waals surface area contributed by atoms with Gasteiger partial charge in [0.25, 0.3) is 5.91 Å². The zero-order chi connectivity index (χ0) is 26.4. The highest BCUT2D eigenvalue weighted by Crippen LogP contribution is 2.41. The topological polar surface area (TPSA) is 78.1 Å². The molecule has 1 fully saturated rings. The zero-order valence-electron chi connectivity index (χ0n) is 22.1. The Morgan fingerprint density at radius 3 is 2.74 bits per heavy atom. The fourth-order valence-corrected chi connectivity index (χ4v) is 6.12. The van der Waals surface area contributed by atoms with Crippen molar-refractivity contribution in [3.8, 4) is 0 Å². The lowest BCUT2D eigenvalue weighted by Gasteiger charge is -2.26. The van der Waals surface area contributed by atoms with Gasteiger partial charge in [0.05, 0.1) is 34.5 Å². The lowest BCUT2D eigenvalue weighted by molar-refractivity contribution is 0.0707. The Hall–Kier alpha value is -3.01. The molecule has 8 nitrogen and oxygen atoms in total. The largest absolute Gasteiger partial charge is 0.359 e. The lowest BCUT2D eigenvalue weighted by atomic mass is 10.0. The van der Waals surface area contributed by atoms with Crippen LogP contribution in [-0.4, -0.2) is 50.3 Å². The van der Waals surface area contributed by atoms with Crippen molar-refractivity contribution >= 4 is 36.6 Å². The van der Waals surface area contributed by atoms with Gasteiger partial charge in [-0.2, -0.15) is 5.10 Å². The number of halogens is 1. The lowest BCUT2D eigenvalue weighted by Crippen LogP contribution is -2.29. The Bertz CT molecular complexity index is 1490. The van der Waals surface area contributed by atoms with E-state index in [2.05, 4.69) is 51.9 Å². The van der Waals surface area contributed by atoms with Crippen molar-refractivity contribution < 1.29 is 9.53 Å². The van der Waals surface area contributed by atoms with Crippen LogP contribution in [-0.2, 0) is 24.4 Å². The van der Waals surface area contributed by atoms with E-state index in [9.17, 15) is 4.79 Å². The summed E-state index contributed by atoms with van der Waals surface area (Å²) in [6, 6.07) is 15.4. The molecule has 6 rings (SSSR count). The number of carbonyl (C=O) groups excluding carboxylic acids is 1. The highest BCUT2D eigenvalue weighted by atomic mass is 35.5. The van der Waals surface area contributed by atoms with Crippen molar-refractivity contribution in [2.24, 2.45) is 0 Å². The number of fused-ring (bicyclic) bond motifs is 2. The molecule has 4 aromatic rings. The second kappa shape index (κ2) is 9.94. The Labute approximate surface area is 228 Å². The minimum atomic E-state index is -1.14. The van der Waals surface area contributed by atoms with E-state index in [1.54, 1.807) is 10.9 Å². The van der Waals surface area contributed by atoms with Gasteiger partial charge in [0, 0.05) is 33.2 Å². The number of amides is 1. The maximum absolute atomic E-state index is 13.6. The van der Waals surface area contributed by atoms with Crippen LogP contribution in [0, 0.1) is 0 Å². The van der Waals surface area contributed by atoms with Gasteiger partial charge in [0.1, 0.15) is 12.2 Å². The quantitative estimate of drug-likeness (QED) is 0.183. The third kappa shape index (κ3) is 5.02. The van der Waals surface area contributed by atoms with Crippen molar-refractivity contribution in [1.29, 1.82) is 0 Å². The van der Waals surface area contributed by atoms with Gasteiger partial charge >= 0.3 is 0 Å². The molecule has 10 heteroatoms. The fourth-order valence-electron chi connectivity index (χ4n) is 5.16. The summed E-state index contributed by atoms with van der Waals surface area (Å²) in [6.07, 6.45) is 4.61. The molecule has 0 saturated heterocycles. The summed E-state index contributed by atoms with van der Waals surface area (Å²) in [5.74, 6) is 0.0405. The van der Waals surface area contributed by atoms with Gasteiger partial charge < -0.3 is 9.64 Å². The first kappa shape index (κ1) is 25.3. The molecule has 2 aromatic heterocycles. The first-order valence-corrected chi connectivity index (χ1v) is 17.4. The Balaban J connectivity index is 1.23. The molecule has 0 bridgehead atoms. The average Bonchev–Trinajstić information content (AvgIpc) is 3.48. The standard InChI is InChI=1S/C28H33ClN6O2Si/c1-38(2,3)13-12-37-18-34-25-11-8-19(14-24(25)31-32-34)17-33-26(21-6-4-5-7-22(21)28(33)36)15-27-23(29)16-30-35(27)20-9-10-20/h4-8,11,14,16,20,26H,9-10,12-13,15,17-18H2,1-3H3. The smallest absolute Gasteiger partial charge is 0.255 e. The van der Waals surface area contributed by atoms with E-state index < -0.39 is 8.07 Å². The Kier molecular flexibility index (Phi) is 6.61. The van der Waals surface area contributed by atoms with Gasteiger partial charge in [0.15, 0.2) is 0 Å². The molecule has 0 spiro atoms. The molecule has 0 N–H and O–H groups in total. The summed E-state index contributed by atoms with van der Waals surface area (Å²) in [7, 11) is -1.14. The highest BCUT2D eigenvalue weighted by molar-refractivity contribution is 6.76. The molecule has 1 amide bonds. The highest BCUT2D eigenvalue weighted by Gasteiger charge is 2.38. The van der Waals surface area contributed by atoms with Gasteiger partial charge in [0.2, 0.25) is 0 Å². The van der Waals surface area contributed by atoms with E-state index in [1.165, 1.54) is 0 Å². The SMILES string of the molecule is C[Si](C)(C)CCOCn1nnc2cc(CN3C(=O)c4ccccc4C3Cc3c(Cl)cnn3C3CC3)ccc21. The summed E-state index contributed by atoms with van der Waals surface area (Å²) in [5.41, 5.74) is 5.54. The number of benzene rings is 2. The van der Waals surface area contributed by atoms with Crippen LogP contribution in [0.4, 0.5) is 0 Å². The molecule has 2 aliphatic rings. The summed E-state index contributed by atoms with van der Waals surface area (Å²) < 4.78 is 9.73. The maximum Gasteiger partial charge on any atom is 0.255 e. The Morgan fingerprint density at radius 1 is 1.13 bits per heavy atom. The van der Waals surface area contributed by atoms with Crippen molar-refractivity contribution in [2.45, 2.75) is 70.3 Å². The van der Waals surface area contributed by atoms with Crippen molar-refractivity contribution in [3.05, 3.63) is 76.1 Å². The summed E-state index contributed by atoms with van der Waals surface area (Å²) in [5, 5.41) is 13.9. The number of nitrogens with zero attached hydrogens (tertiary/aromatic N) is 6. The number of hydrogen-bond acceptors (Lipinski definition) is 5. The van der Waals surface area contributed by atoms with Crippen LogP contribution in [0.25, 0.3) is 11.0 Å². The second-order valence-corrected chi connectivity index (χ2v) is 17.6. The summed E-state index contributed by atoms with van der Waals surface area (Å²) in [4.78, 5) is 15.5. The monoisotopic (exact) mass is 548 g/mol. The van der Waals surface area contributed by atoms with Gasteiger partial charge in [-0.05, 0) is 48.2 Å². The van der Waals surface area contributed by atoms with E-state index in [0.29, 0.717) is 30.8 Å². The van der Waals surface area contributed by atoms with Gasteiger partial charge in [-0.25, -0.2) is 4.68 Å². The molecule has 3 heterocycles. The van der Waals surface area contributed by atoms with Crippen LogP contribution >= 0.6 is 11.6 Å². The molecule has 1 saturated carbocycles. The number of carbonyl (C=O) groups is 1. The summed E-state index contributed by atoms with van der Waals surface area (Å²) >= 11 is 6.59. The van der Waals surface area contributed by atoms with E-state index in [4.69, 9.17) is 16.3 Å².